The number of carbonyl (C=O) groups excluding carboxylic acids is 1. The zero-order chi connectivity index (χ0) is 6.97. The maximum absolute atomic E-state index is 10.8. The Balaban J connectivity index is 0.000000605. The van der Waals surface area contributed by atoms with Gasteiger partial charge in [-0.15, -0.1) is 0 Å². The molecule has 0 amide bonds. The van der Waals surface area contributed by atoms with Crippen LogP contribution in [0.3, 0.4) is 0 Å². The van der Waals surface area contributed by atoms with E-state index in [4.69, 9.17) is 4.74 Å². The van der Waals surface area contributed by atoms with Gasteiger partial charge in [0.15, 0.2) is 0 Å². The van der Waals surface area contributed by atoms with Gasteiger partial charge < -0.3 is 4.74 Å². The summed E-state index contributed by atoms with van der Waals surface area (Å²) in [4.78, 5) is 10.8. The number of cyclic esters (lactones) is 1. The van der Waals surface area contributed by atoms with Crippen molar-refractivity contribution in [1.82, 2.24) is 0 Å². The monoisotopic (exact) mass is 166 g/mol. The molecule has 1 aliphatic heterocycles. The third kappa shape index (κ3) is 1.47. The Morgan fingerprint density at radius 3 is 2.50 bits per heavy atom. The summed E-state index contributed by atoms with van der Waals surface area (Å²) in [6.45, 7) is 0.439. The molecule has 0 atom stereocenters. The van der Waals surface area contributed by atoms with Crippen molar-refractivity contribution >= 4 is 5.97 Å². The minimum Gasteiger partial charge on any atom is -0.457 e. The third-order valence-corrected chi connectivity index (χ3v) is 1.60. The fourth-order valence-electron chi connectivity index (χ4n) is 1.07. The van der Waals surface area contributed by atoms with E-state index in [0.29, 0.717) is 12.2 Å². The fraction of sp³-hybridized carbons (Fsp3) is 0.300. The smallest absolute Gasteiger partial charge is 0.338 e. The average molecular weight is 166 g/mol. The third-order valence-electron chi connectivity index (χ3n) is 1.60. The SMILES string of the molecule is C.C.O=C1OCc2ccccc21. The number of fused-ring (bicyclic) bond motifs is 1. The van der Waals surface area contributed by atoms with Crippen LogP contribution in [-0.4, -0.2) is 5.97 Å². The largest absolute Gasteiger partial charge is 0.457 e. The van der Waals surface area contributed by atoms with Gasteiger partial charge >= 0.3 is 5.97 Å². The Morgan fingerprint density at radius 1 is 1.17 bits per heavy atom. The molecular weight excluding hydrogens is 152 g/mol. The Labute approximate surface area is 73.2 Å². The minimum atomic E-state index is -0.199. The predicted molar refractivity (Wildman–Crippen MR) is 49.0 cm³/mol. The number of hydrogen-bond donors (Lipinski definition) is 0. The van der Waals surface area contributed by atoms with Crippen LogP contribution >= 0.6 is 0 Å². The highest BCUT2D eigenvalue weighted by atomic mass is 16.5. The summed E-state index contributed by atoms with van der Waals surface area (Å²) in [6, 6.07) is 7.43. The first kappa shape index (κ1) is 10.7. The number of benzene rings is 1. The molecule has 2 rings (SSSR count). The average Bonchev–Trinajstić information content (AvgIpc) is 2.34. The molecule has 0 aliphatic carbocycles. The highest BCUT2D eigenvalue weighted by Gasteiger charge is 2.18. The van der Waals surface area contributed by atoms with Gasteiger partial charge in [-0.1, -0.05) is 33.1 Å². The van der Waals surface area contributed by atoms with Crippen LogP contribution in [0, 0.1) is 0 Å². The lowest BCUT2D eigenvalue weighted by Crippen LogP contribution is -1.91. The van der Waals surface area contributed by atoms with Gasteiger partial charge in [-0.05, 0) is 6.07 Å². The van der Waals surface area contributed by atoms with Crippen molar-refractivity contribution in [3.8, 4) is 0 Å². The maximum atomic E-state index is 10.8. The number of esters is 1. The summed E-state index contributed by atoms with van der Waals surface area (Å²) in [5, 5.41) is 0. The van der Waals surface area contributed by atoms with Crippen LogP contribution in [0.5, 0.6) is 0 Å². The summed E-state index contributed by atoms with van der Waals surface area (Å²) in [5.74, 6) is -0.199. The second kappa shape index (κ2) is 3.90. The van der Waals surface area contributed by atoms with Gasteiger partial charge in [0, 0.05) is 5.56 Å². The molecule has 2 heteroatoms. The lowest BCUT2D eigenvalue weighted by atomic mass is 10.1. The van der Waals surface area contributed by atoms with Crippen LogP contribution in [0.15, 0.2) is 24.3 Å². The summed E-state index contributed by atoms with van der Waals surface area (Å²) in [7, 11) is 0. The zero-order valence-electron chi connectivity index (χ0n) is 5.33. The Hall–Kier alpha value is -1.31. The van der Waals surface area contributed by atoms with Crippen molar-refractivity contribution in [2.75, 3.05) is 0 Å². The van der Waals surface area contributed by atoms with E-state index in [1.54, 1.807) is 6.07 Å². The molecule has 12 heavy (non-hydrogen) atoms. The van der Waals surface area contributed by atoms with Gasteiger partial charge in [-0.3, -0.25) is 0 Å². The minimum absolute atomic E-state index is 0. The van der Waals surface area contributed by atoms with Gasteiger partial charge in [0.25, 0.3) is 0 Å². The molecule has 0 bridgehead atoms. The Kier molecular flexibility index (Phi) is 3.48. The van der Waals surface area contributed by atoms with Gasteiger partial charge in [0.05, 0.1) is 5.56 Å². The molecule has 0 N–H and O–H groups in total. The highest BCUT2D eigenvalue weighted by Crippen LogP contribution is 2.17. The van der Waals surface area contributed by atoms with E-state index in [9.17, 15) is 4.79 Å². The first-order valence-electron chi connectivity index (χ1n) is 3.13. The topological polar surface area (TPSA) is 26.3 Å². The molecule has 1 aliphatic rings. The Bertz CT molecular complexity index is 279. The highest BCUT2D eigenvalue weighted by molar-refractivity contribution is 5.93. The van der Waals surface area contributed by atoms with Crippen LogP contribution in [0.2, 0.25) is 0 Å². The molecular formula is C10H14O2. The quantitative estimate of drug-likeness (QED) is 0.554. The van der Waals surface area contributed by atoms with Gasteiger partial charge in [-0.25, -0.2) is 4.79 Å². The molecule has 1 aromatic rings. The normalized spacial score (nSPS) is 12.2. The molecule has 0 saturated heterocycles. The van der Waals surface area contributed by atoms with E-state index in [-0.39, 0.29) is 20.8 Å². The summed E-state index contributed by atoms with van der Waals surface area (Å²) in [5.41, 5.74) is 1.70. The molecule has 0 unspecified atom stereocenters. The Morgan fingerprint density at radius 2 is 1.83 bits per heavy atom. The summed E-state index contributed by atoms with van der Waals surface area (Å²) >= 11 is 0. The lowest BCUT2D eigenvalue weighted by Gasteiger charge is -1.87. The van der Waals surface area contributed by atoms with Gasteiger partial charge in [0.1, 0.15) is 6.61 Å². The van der Waals surface area contributed by atoms with E-state index >= 15 is 0 Å². The van der Waals surface area contributed by atoms with Gasteiger partial charge in [0.2, 0.25) is 0 Å². The number of rotatable bonds is 0. The van der Waals surface area contributed by atoms with E-state index in [1.807, 2.05) is 18.2 Å². The predicted octanol–water partition coefficient (Wildman–Crippen LogP) is 2.63. The van der Waals surface area contributed by atoms with Crippen molar-refractivity contribution in [3.63, 3.8) is 0 Å². The van der Waals surface area contributed by atoms with E-state index in [1.165, 1.54) is 0 Å². The number of hydrogen-bond acceptors (Lipinski definition) is 2. The summed E-state index contributed by atoms with van der Waals surface area (Å²) < 4.78 is 4.78. The number of ether oxygens (including phenoxy) is 1. The van der Waals surface area contributed by atoms with Crippen LogP contribution in [0.25, 0.3) is 0 Å². The van der Waals surface area contributed by atoms with Crippen LogP contribution in [0.1, 0.15) is 30.8 Å². The van der Waals surface area contributed by atoms with Gasteiger partial charge in [-0.2, -0.15) is 0 Å². The second-order valence-corrected chi connectivity index (χ2v) is 2.23. The first-order chi connectivity index (χ1) is 4.88. The van der Waals surface area contributed by atoms with Crippen LogP contribution in [0.4, 0.5) is 0 Å². The van der Waals surface area contributed by atoms with E-state index in [0.717, 1.165) is 5.56 Å². The van der Waals surface area contributed by atoms with Crippen molar-refractivity contribution in [3.05, 3.63) is 35.4 Å². The molecule has 0 saturated carbocycles. The van der Waals surface area contributed by atoms with Crippen LogP contribution < -0.4 is 0 Å². The van der Waals surface area contributed by atoms with Crippen molar-refractivity contribution in [2.45, 2.75) is 21.5 Å². The molecule has 66 valence electrons. The summed E-state index contributed by atoms with van der Waals surface area (Å²) in [6.07, 6.45) is 0. The second-order valence-electron chi connectivity index (χ2n) is 2.23. The molecule has 1 aromatic carbocycles. The first-order valence-corrected chi connectivity index (χ1v) is 3.13. The van der Waals surface area contributed by atoms with Crippen molar-refractivity contribution in [1.29, 1.82) is 0 Å². The fourth-order valence-corrected chi connectivity index (χ4v) is 1.07. The molecule has 0 aromatic heterocycles. The van der Waals surface area contributed by atoms with E-state index in [2.05, 4.69) is 0 Å². The number of carbonyl (C=O) groups is 1. The maximum Gasteiger partial charge on any atom is 0.338 e. The van der Waals surface area contributed by atoms with Crippen LogP contribution in [-0.2, 0) is 11.3 Å². The van der Waals surface area contributed by atoms with Crippen molar-refractivity contribution < 1.29 is 9.53 Å². The lowest BCUT2D eigenvalue weighted by molar-refractivity contribution is 0.0535. The molecule has 0 fully saturated rings. The zero-order valence-corrected chi connectivity index (χ0v) is 5.33. The molecule has 0 spiro atoms. The van der Waals surface area contributed by atoms with E-state index < -0.39 is 0 Å². The molecule has 1 heterocycles. The standard InChI is InChI=1S/C8H6O2.2CH4/c9-8-7-4-2-1-3-6(7)5-10-8;;/h1-4H,5H2;2*1H4. The molecule has 0 radical (unpaired) electrons. The molecule has 2 nitrogen and oxygen atoms in total. The van der Waals surface area contributed by atoms with Crippen molar-refractivity contribution in [2.24, 2.45) is 0 Å².